The number of rotatable bonds is 1. The third-order valence-electron chi connectivity index (χ3n) is 2.54. The molecule has 17 heavy (non-hydrogen) atoms. The van der Waals surface area contributed by atoms with Crippen LogP contribution in [0.3, 0.4) is 0 Å². The van der Waals surface area contributed by atoms with E-state index < -0.39 is 0 Å². The van der Waals surface area contributed by atoms with Crippen LogP contribution in [0.2, 0.25) is 5.02 Å². The molecule has 0 spiro atoms. The van der Waals surface area contributed by atoms with Gasteiger partial charge in [-0.15, -0.1) is 0 Å². The average Bonchev–Trinajstić information content (AvgIpc) is 2.77. The number of fused-ring (bicyclic) bond motifs is 1. The molecule has 0 bridgehead atoms. The number of hydrogen-bond acceptors (Lipinski definition) is 3. The number of imidazole rings is 1. The molecule has 2 heterocycles. The first kappa shape index (κ1) is 10.1. The zero-order valence-corrected chi connectivity index (χ0v) is 9.57. The lowest BCUT2D eigenvalue weighted by molar-refractivity contribution is 1.33. The molecule has 3 N–H and O–H groups in total. The first-order valence-corrected chi connectivity index (χ1v) is 5.47. The van der Waals surface area contributed by atoms with Crippen molar-refractivity contribution in [3.8, 4) is 11.3 Å². The van der Waals surface area contributed by atoms with Crippen LogP contribution in [0.4, 0.5) is 5.82 Å². The van der Waals surface area contributed by atoms with Gasteiger partial charge in [-0.2, -0.15) is 0 Å². The van der Waals surface area contributed by atoms with E-state index in [2.05, 4.69) is 15.0 Å². The Morgan fingerprint density at radius 2 is 1.94 bits per heavy atom. The maximum Gasteiger partial charge on any atom is 0.126 e. The van der Waals surface area contributed by atoms with Gasteiger partial charge in [-0.25, -0.2) is 9.97 Å². The highest BCUT2D eigenvalue weighted by Gasteiger charge is 2.09. The fourth-order valence-corrected chi connectivity index (χ4v) is 1.90. The molecular weight excluding hydrogens is 236 g/mol. The summed E-state index contributed by atoms with van der Waals surface area (Å²) >= 11 is 5.86. The van der Waals surface area contributed by atoms with Gasteiger partial charge in [0.1, 0.15) is 17.0 Å². The van der Waals surface area contributed by atoms with E-state index in [1.54, 1.807) is 12.4 Å². The quantitative estimate of drug-likeness (QED) is 0.692. The molecular formula is C12H9ClN4. The Labute approximate surface area is 102 Å². The van der Waals surface area contributed by atoms with E-state index in [9.17, 15) is 0 Å². The van der Waals surface area contributed by atoms with E-state index in [0.29, 0.717) is 10.8 Å². The predicted octanol–water partition coefficient (Wildman–Crippen LogP) is 2.86. The first-order valence-electron chi connectivity index (χ1n) is 5.09. The minimum Gasteiger partial charge on any atom is -0.384 e. The summed E-state index contributed by atoms with van der Waals surface area (Å²) in [5, 5.41) is 0.691. The molecule has 0 aliphatic heterocycles. The topological polar surface area (TPSA) is 67.6 Å². The smallest absolute Gasteiger partial charge is 0.126 e. The van der Waals surface area contributed by atoms with E-state index in [1.807, 2.05) is 24.3 Å². The molecule has 0 atom stereocenters. The number of aromatic nitrogens is 3. The van der Waals surface area contributed by atoms with E-state index in [-0.39, 0.29) is 0 Å². The summed E-state index contributed by atoms with van der Waals surface area (Å²) in [6.45, 7) is 0. The molecule has 3 aromatic rings. The van der Waals surface area contributed by atoms with Crippen LogP contribution in [-0.2, 0) is 0 Å². The summed E-state index contributed by atoms with van der Waals surface area (Å²) < 4.78 is 0. The van der Waals surface area contributed by atoms with Crippen molar-refractivity contribution in [2.24, 2.45) is 0 Å². The van der Waals surface area contributed by atoms with Gasteiger partial charge in [-0.05, 0) is 12.1 Å². The maximum atomic E-state index is 5.86. The second-order valence-corrected chi connectivity index (χ2v) is 4.14. The number of hydrogen-bond donors (Lipinski definition) is 2. The maximum absolute atomic E-state index is 5.86. The van der Waals surface area contributed by atoms with Gasteiger partial charge in [0.15, 0.2) is 0 Å². The van der Waals surface area contributed by atoms with Crippen LogP contribution in [0.15, 0.2) is 36.7 Å². The van der Waals surface area contributed by atoms with Gasteiger partial charge < -0.3 is 10.7 Å². The summed E-state index contributed by atoms with van der Waals surface area (Å²) in [7, 11) is 0. The van der Waals surface area contributed by atoms with Gasteiger partial charge in [-0.3, -0.25) is 0 Å². The molecule has 0 saturated heterocycles. The zero-order valence-electron chi connectivity index (χ0n) is 8.81. The van der Waals surface area contributed by atoms with Crippen molar-refractivity contribution >= 4 is 28.5 Å². The largest absolute Gasteiger partial charge is 0.384 e. The Bertz CT molecular complexity index is 673. The molecule has 0 aliphatic carbocycles. The predicted molar refractivity (Wildman–Crippen MR) is 68.7 cm³/mol. The molecule has 84 valence electrons. The van der Waals surface area contributed by atoms with Gasteiger partial charge >= 0.3 is 0 Å². The van der Waals surface area contributed by atoms with E-state index in [0.717, 1.165) is 22.3 Å². The Morgan fingerprint density at radius 1 is 1.18 bits per heavy atom. The van der Waals surface area contributed by atoms with Crippen LogP contribution in [-0.4, -0.2) is 15.0 Å². The van der Waals surface area contributed by atoms with E-state index in [1.165, 1.54) is 0 Å². The monoisotopic (exact) mass is 244 g/mol. The van der Waals surface area contributed by atoms with Crippen LogP contribution in [0.1, 0.15) is 0 Å². The molecule has 4 nitrogen and oxygen atoms in total. The van der Waals surface area contributed by atoms with E-state index in [4.69, 9.17) is 17.3 Å². The normalized spacial score (nSPS) is 10.9. The fourth-order valence-electron chi connectivity index (χ4n) is 1.77. The zero-order chi connectivity index (χ0) is 11.8. The third kappa shape index (κ3) is 1.72. The molecule has 0 amide bonds. The Hall–Kier alpha value is -2.07. The van der Waals surface area contributed by atoms with Gasteiger partial charge in [0.25, 0.3) is 0 Å². The minimum atomic E-state index is 0.465. The highest BCUT2D eigenvalue weighted by Crippen LogP contribution is 2.26. The number of H-pyrrole nitrogens is 1. The summed E-state index contributed by atoms with van der Waals surface area (Å²) in [6, 6.07) is 9.21. The number of aromatic amines is 1. The Morgan fingerprint density at radius 3 is 2.71 bits per heavy atom. The molecule has 2 aromatic heterocycles. The number of nitrogens with two attached hydrogens (primary N) is 1. The number of anilines is 1. The number of benzene rings is 1. The molecule has 0 unspecified atom stereocenters. The van der Waals surface area contributed by atoms with Crippen LogP contribution in [0.25, 0.3) is 22.3 Å². The highest BCUT2D eigenvalue weighted by molar-refractivity contribution is 6.30. The molecule has 5 heteroatoms. The standard InChI is InChI=1S/C12H9ClN4/c13-8-3-1-7(2-4-8)11-12-9(15-6-16-12)5-10(14)17-11/h1-6H,(H2,14,17)(H,15,16). The average molecular weight is 245 g/mol. The second kappa shape index (κ2) is 3.75. The molecule has 0 aliphatic rings. The fraction of sp³-hybridized carbons (Fsp3) is 0. The lowest BCUT2D eigenvalue weighted by Crippen LogP contribution is -1.93. The SMILES string of the molecule is Nc1cc2[nH]cnc2c(-c2ccc(Cl)cc2)n1. The highest BCUT2D eigenvalue weighted by atomic mass is 35.5. The molecule has 0 radical (unpaired) electrons. The number of pyridine rings is 1. The summed E-state index contributed by atoms with van der Waals surface area (Å²) in [4.78, 5) is 11.6. The van der Waals surface area contributed by atoms with Crippen LogP contribution in [0.5, 0.6) is 0 Å². The molecule has 3 rings (SSSR count). The molecule has 1 aromatic carbocycles. The van der Waals surface area contributed by atoms with Gasteiger partial charge in [0.2, 0.25) is 0 Å². The van der Waals surface area contributed by atoms with Crippen molar-refractivity contribution < 1.29 is 0 Å². The first-order chi connectivity index (χ1) is 8.24. The van der Waals surface area contributed by atoms with Crippen LogP contribution >= 0.6 is 11.6 Å². The Kier molecular flexibility index (Phi) is 2.23. The van der Waals surface area contributed by atoms with Crippen molar-refractivity contribution in [3.63, 3.8) is 0 Å². The molecule has 0 fully saturated rings. The molecule has 0 saturated carbocycles. The van der Waals surface area contributed by atoms with Gasteiger partial charge in [0, 0.05) is 16.7 Å². The summed E-state index contributed by atoms with van der Waals surface area (Å²) in [5.41, 5.74) is 9.16. The minimum absolute atomic E-state index is 0.465. The van der Waals surface area contributed by atoms with E-state index >= 15 is 0 Å². The number of nitrogens with zero attached hydrogens (tertiary/aromatic N) is 2. The third-order valence-corrected chi connectivity index (χ3v) is 2.80. The number of halogens is 1. The van der Waals surface area contributed by atoms with Gasteiger partial charge in [-0.1, -0.05) is 23.7 Å². The number of nitrogens with one attached hydrogen (secondary N) is 1. The lowest BCUT2D eigenvalue weighted by Gasteiger charge is -2.03. The summed E-state index contributed by atoms with van der Waals surface area (Å²) in [5.74, 6) is 0.465. The van der Waals surface area contributed by atoms with Crippen LogP contribution in [0, 0.1) is 0 Å². The van der Waals surface area contributed by atoms with Crippen molar-refractivity contribution in [2.45, 2.75) is 0 Å². The second-order valence-electron chi connectivity index (χ2n) is 3.70. The van der Waals surface area contributed by atoms with Crippen molar-refractivity contribution in [2.75, 3.05) is 5.73 Å². The summed E-state index contributed by atoms with van der Waals surface area (Å²) in [6.07, 6.45) is 1.63. The van der Waals surface area contributed by atoms with Crippen molar-refractivity contribution in [3.05, 3.63) is 41.7 Å². The van der Waals surface area contributed by atoms with Gasteiger partial charge in [0.05, 0.1) is 11.8 Å². The number of nitrogen functional groups attached to an aromatic ring is 1. The lowest BCUT2D eigenvalue weighted by atomic mass is 10.1. The van der Waals surface area contributed by atoms with Crippen molar-refractivity contribution in [1.82, 2.24) is 15.0 Å². The van der Waals surface area contributed by atoms with Crippen molar-refractivity contribution in [1.29, 1.82) is 0 Å². The Balaban J connectivity index is 2.28. The van der Waals surface area contributed by atoms with Crippen LogP contribution < -0.4 is 5.73 Å².